The molecule has 0 aromatic heterocycles. The maximum absolute atomic E-state index is 10.9. The molecule has 0 amide bonds. The zero-order valence-corrected chi connectivity index (χ0v) is 7.72. The molecule has 0 fully saturated rings. The van der Waals surface area contributed by atoms with Gasteiger partial charge in [0.1, 0.15) is 0 Å². The highest BCUT2D eigenvalue weighted by Gasteiger charge is 2.04. The Hall–Kier alpha value is -0.130. The number of ketones is 1. The fourth-order valence-corrected chi connectivity index (χ4v) is 1.20. The average molecular weight is 252 g/mol. The second kappa shape index (κ2) is 3.90. The second-order valence-corrected chi connectivity index (χ2v) is 3.19. The van der Waals surface area contributed by atoms with Gasteiger partial charge < -0.3 is 5.32 Å². The van der Waals surface area contributed by atoms with Gasteiger partial charge in [0.25, 0.3) is 0 Å². The number of halogens is 1. The lowest BCUT2D eigenvalue weighted by atomic mass is 10.2. The van der Waals surface area contributed by atoms with Crippen LogP contribution in [0.4, 0.5) is 0 Å². The monoisotopic (exact) mass is 252 g/mol. The SMILES string of the molecule is O=C1CCC/N=C(/I)NC1. The third-order valence-corrected chi connectivity index (χ3v) is 2.02. The third-order valence-electron chi connectivity index (χ3n) is 1.30. The maximum atomic E-state index is 10.9. The van der Waals surface area contributed by atoms with E-state index in [-0.39, 0.29) is 5.78 Å². The predicted octanol–water partition coefficient (Wildman–Crippen LogP) is 0.730. The Morgan fingerprint density at radius 2 is 2.40 bits per heavy atom. The zero-order valence-electron chi connectivity index (χ0n) is 5.56. The van der Waals surface area contributed by atoms with Crippen molar-refractivity contribution < 1.29 is 4.79 Å². The molecule has 1 aliphatic rings. The number of aliphatic imine (C=N–C) groups is 1. The Balaban J connectivity index is 2.46. The van der Waals surface area contributed by atoms with E-state index in [4.69, 9.17) is 0 Å². The van der Waals surface area contributed by atoms with Crippen LogP contribution in [0.1, 0.15) is 12.8 Å². The van der Waals surface area contributed by atoms with Crippen LogP contribution in [0.5, 0.6) is 0 Å². The van der Waals surface area contributed by atoms with Crippen molar-refractivity contribution in [2.75, 3.05) is 13.1 Å². The van der Waals surface area contributed by atoms with Gasteiger partial charge in [-0.1, -0.05) is 0 Å². The molecular formula is C6H9IN2O. The molecule has 0 saturated carbocycles. The highest BCUT2D eigenvalue weighted by molar-refractivity contribution is 14.1. The number of hydrogen-bond acceptors (Lipinski definition) is 3. The number of hydrogen-bond donors (Lipinski definition) is 1. The Labute approximate surface area is 73.4 Å². The number of carbonyl (C=O) groups is 1. The summed E-state index contributed by atoms with van der Waals surface area (Å²) in [4.78, 5) is 15.0. The first-order valence-corrected chi connectivity index (χ1v) is 4.32. The molecule has 3 nitrogen and oxygen atoms in total. The van der Waals surface area contributed by atoms with Crippen LogP contribution < -0.4 is 5.32 Å². The summed E-state index contributed by atoms with van der Waals surface area (Å²) in [6, 6.07) is 0. The van der Waals surface area contributed by atoms with E-state index in [0.717, 1.165) is 16.8 Å². The molecule has 1 rings (SSSR count). The van der Waals surface area contributed by atoms with E-state index in [9.17, 15) is 4.79 Å². The van der Waals surface area contributed by atoms with Crippen LogP contribution in [-0.4, -0.2) is 22.7 Å². The number of amidine groups is 1. The quantitative estimate of drug-likeness (QED) is 0.510. The summed E-state index contributed by atoms with van der Waals surface area (Å²) in [5.74, 6) is 0.282. The Kier molecular flexibility index (Phi) is 3.11. The lowest BCUT2D eigenvalue weighted by Crippen LogP contribution is -2.27. The first-order valence-electron chi connectivity index (χ1n) is 3.24. The van der Waals surface area contributed by atoms with Gasteiger partial charge in [0.05, 0.1) is 6.54 Å². The van der Waals surface area contributed by atoms with Crippen LogP contribution in [0.3, 0.4) is 0 Å². The summed E-state index contributed by atoms with van der Waals surface area (Å²) < 4.78 is 0.852. The second-order valence-electron chi connectivity index (χ2n) is 2.17. The summed E-state index contributed by atoms with van der Waals surface area (Å²) in [5.41, 5.74) is 0. The number of nitrogens with one attached hydrogen (secondary N) is 1. The smallest absolute Gasteiger partial charge is 0.160 e. The molecule has 0 bridgehead atoms. The molecule has 1 N–H and O–H groups in total. The Morgan fingerprint density at radius 1 is 1.60 bits per heavy atom. The Morgan fingerprint density at radius 3 is 3.20 bits per heavy atom. The van der Waals surface area contributed by atoms with Gasteiger partial charge in [0.15, 0.2) is 9.63 Å². The molecule has 0 aliphatic carbocycles. The van der Waals surface area contributed by atoms with Crippen LogP contribution in [0, 0.1) is 0 Å². The van der Waals surface area contributed by atoms with E-state index in [0.29, 0.717) is 13.0 Å². The number of Topliss-reactive ketones (excluding diaryl/α,β-unsaturated/α-hetero) is 1. The minimum absolute atomic E-state index is 0.282. The molecule has 4 heteroatoms. The van der Waals surface area contributed by atoms with E-state index in [2.05, 4.69) is 32.9 Å². The van der Waals surface area contributed by atoms with Gasteiger partial charge in [0.2, 0.25) is 0 Å². The molecule has 0 spiro atoms. The minimum atomic E-state index is 0.282. The first kappa shape index (κ1) is 7.97. The van der Waals surface area contributed by atoms with Crippen molar-refractivity contribution in [1.29, 1.82) is 0 Å². The summed E-state index contributed by atoms with van der Waals surface area (Å²) >= 11 is 2.10. The molecule has 0 aromatic rings. The van der Waals surface area contributed by atoms with Crippen molar-refractivity contribution in [2.24, 2.45) is 4.99 Å². The first-order chi connectivity index (χ1) is 4.79. The molecular weight excluding hydrogens is 243 g/mol. The van der Waals surface area contributed by atoms with Crippen LogP contribution in [0.15, 0.2) is 4.99 Å². The number of rotatable bonds is 0. The fraction of sp³-hybridized carbons (Fsp3) is 0.667. The van der Waals surface area contributed by atoms with Crippen LogP contribution >= 0.6 is 22.6 Å². The highest BCUT2D eigenvalue weighted by Crippen LogP contribution is 1.97. The van der Waals surface area contributed by atoms with Crippen molar-refractivity contribution in [3.8, 4) is 0 Å². The van der Waals surface area contributed by atoms with Gasteiger partial charge in [-0.3, -0.25) is 9.79 Å². The van der Waals surface area contributed by atoms with Crippen molar-refractivity contribution in [1.82, 2.24) is 5.32 Å². The van der Waals surface area contributed by atoms with Gasteiger partial charge in [-0.15, -0.1) is 0 Å². The van der Waals surface area contributed by atoms with Crippen molar-refractivity contribution in [3.63, 3.8) is 0 Å². The maximum Gasteiger partial charge on any atom is 0.160 e. The fourth-order valence-electron chi connectivity index (χ4n) is 0.769. The van der Waals surface area contributed by atoms with Crippen LogP contribution in [-0.2, 0) is 4.79 Å². The van der Waals surface area contributed by atoms with Crippen LogP contribution in [0.25, 0.3) is 0 Å². The molecule has 0 saturated heterocycles. The summed E-state index contributed by atoms with van der Waals surface area (Å²) in [5, 5.41) is 2.92. The minimum Gasteiger partial charge on any atom is -0.358 e. The molecule has 0 aromatic carbocycles. The lowest BCUT2D eigenvalue weighted by Gasteiger charge is -2.06. The summed E-state index contributed by atoms with van der Waals surface area (Å²) in [6.07, 6.45) is 1.56. The average Bonchev–Trinajstić information content (AvgIpc) is 1.90. The molecule has 0 atom stereocenters. The number of carbonyl (C=O) groups excluding carboxylic acids is 1. The van der Waals surface area contributed by atoms with Gasteiger partial charge in [0, 0.05) is 13.0 Å². The lowest BCUT2D eigenvalue weighted by molar-refractivity contribution is -0.118. The van der Waals surface area contributed by atoms with Gasteiger partial charge >= 0.3 is 0 Å². The molecule has 1 heterocycles. The van der Waals surface area contributed by atoms with E-state index < -0.39 is 0 Å². The van der Waals surface area contributed by atoms with Crippen molar-refractivity contribution >= 4 is 32.2 Å². The van der Waals surface area contributed by atoms with Gasteiger partial charge in [-0.05, 0) is 29.0 Å². The van der Waals surface area contributed by atoms with Crippen molar-refractivity contribution in [2.45, 2.75) is 12.8 Å². The molecule has 10 heavy (non-hydrogen) atoms. The molecule has 0 unspecified atom stereocenters. The Bertz CT molecular complexity index is 167. The largest absolute Gasteiger partial charge is 0.358 e. The summed E-state index contributed by atoms with van der Waals surface area (Å²) in [7, 11) is 0. The third kappa shape index (κ3) is 2.64. The van der Waals surface area contributed by atoms with E-state index >= 15 is 0 Å². The highest BCUT2D eigenvalue weighted by atomic mass is 127. The van der Waals surface area contributed by atoms with Gasteiger partial charge in [-0.25, -0.2) is 0 Å². The van der Waals surface area contributed by atoms with Gasteiger partial charge in [-0.2, -0.15) is 0 Å². The normalized spacial score (nSPS) is 25.7. The van der Waals surface area contributed by atoms with E-state index in [1.54, 1.807) is 0 Å². The zero-order chi connectivity index (χ0) is 7.40. The summed E-state index contributed by atoms with van der Waals surface area (Å²) in [6.45, 7) is 1.22. The van der Waals surface area contributed by atoms with E-state index in [1.807, 2.05) is 0 Å². The molecule has 56 valence electrons. The van der Waals surface area contributed by atoms with Crippen LogP contribution in [0.2, 0.25) is 0 Å². The molecule has 0 radical (unpaired) electrons. The standard InChI is InChI=1S/C6H9IN2O/c7-6-8-3-1-2-5(10)4-9-6/h1-4H2,(H,8,9). The predicted molar refractivity (Wildman–Crippen MR) is 48.6 cm³/mol. The topological polar surface area (TPSA) is 41.5 Å². The number of nitrogens with zero attached hydrogens (tertiary/aromatic N) is 1. The molecule has 1 aliphatic heterocycles. The van der Waals surface area contributed by atoms with E-state index in [1.165, 1.54) is 0 Å². The van der Waals surface area contributed by atoms with Crippen molar-refractivity contribution in [3.05, 3.63) is 0 Å².